The van der Waals surface area contributed by atoms with E-state index >= 15 is 0 Å². The molecule has 1 aromatic rings. The van der Waals surface area contributed by atoms with E-state index in [1.54, 1.807) is 6.08 Å². The number of hydrogen-bond donors (Lipinski definition) is 0. The zero-order valence-electron chi connectivity index (χ0n) is 8.96. The molecule has 0 bridgehead atoms. The Labute approximate surface area is 94.7 Å². The molecule has 1 atom stereocenters. The lowest BCUT2D eigenvalue weighted by molar-refractivity contribution is -0.139. The van der Waals surface area contributed by atoms with Gasteiger partial charge in [0.05, 0.1) is 13.2 Å². The van der Waals surface area contributed by atoms with Crippen LogP contribution in [0.15, 0.2) is 42.5 Å². The summed E-state index contributed by atoms with van der Waals surface area (Å²) in [5, 5.41) is 0. The van der Waals surface area contributed by atoms with Gasteiger partial charge in [0, 0.05) is 12.5 Å². The van der Waals surface area contributed by atoms with Crippen LogP contribution >= 0.6 is 0 Å². The predicted octanol–water partition coefficient (Wildman–Crippen LogP) is 2.07. The number of esters is 1. The van der Waals surface area contributed by atoms with Crippen LogP contribution in [0.4, 0.5) is 0 Å². The van der Waals surface area contributed by atoms with Gasteiger partial charge in [-0.15, -0.1) is 0 Å². The first-order valence-corrected chi connectivity index (χ1v) is 5.35. The van der Waals surface area contributed by atoms with Gasteiger partial charge in [0.1, 0.15) is 6.10 Å². The van der Waals surface area contributed by atoms with E-state index in [0.717, 1.165) is 12.0 Å². The molecule has 1 heterocycles. The van der Waals surface area contributed by atoms with E-state index in [0.29, 0.717) is 13.2 Å². The third kappa shape index (κ3) is 3.21. The van der Waals surface area contributed by atoms with Crippen LogP contribution in [0.2, 0.25) is 0 Å². The number of cyclic esters (lactones) is 1. The molecule has 3 nitrogen and oxygen atoms in total. The van der Waals surface area contributed by atoms with Crippen LogP contribution in [0, 0.1) is 0 Å². The van der Waals surface area contributed by atoms with Crippen LogP contribution in [-0.2, 0) is 20.9 Å². The summed E-state index contributed by atoms with van der Waals surface area (Å²) in [6, 6.07) is 10.00. The standard InChI is InChI=1S/C13H14O3/c14-13-7-6-12(16-13)8-9-15-10-11-4-2-1-3-5-11/h1-7,12H,8-10H2. The number of hydrogen-bond acceptors (Lipinski definition) is 3. The van der Waals surface area contributed by atoms with Crippen molar-refractivity contribution in [1.29, 1.82) is 0 Å². The number of ether oxygens (including phenoxy) is 2. The summed E-state index contributed by atoms with van der Waals surface area (Å²) in [5.74, 6) is -0.256. The quantitative estimate of drug-likeness (QED) is 0.560. The molecule has 1 aromatic carbocycles. The Hall–Kier alpha value is -1.61. The maximum absolute atomic E-state index is 10.8. The van der Waals surface area contributed by atoms with Crippen LogP contribution in [0.1, 0.15) is 12.0 Å². The highest BCUT2D eigenvalue weighted by molar-refractivity contribution is 5.84. The molecule has 1 unspecified atom stereocenters. The number of rotatable bonds is 5. The highest BCUT2D eigenvalue weighted by Gasteiger charge is 2.15. The Morgan fingerprint density at radius 1 is 1.25 bits per heavy atom. The van der Waals surface area contributed by atoms with E-state index in [1.807, 2.05) is 30.3 Å². The van der Waals surface area contributed by atoms with Gasteiger partial charge >= 0.3 is 5.97 Å². The maximum atomic E-state index is 10.8. The first kappa shape index (κ1) is 10.9. The minimum absolute atomic E-state index is 0.108. The van der Waals surface area contributed by atoms with Gasteiger partial charge in [-0.1, -0.05) is 30.3 Å². The van der Waals surface area contributed by atoms with Crippen molar-refractivity contribution in [2.45, 2.75) is 19.1 Å². The van der Waals surface area contributed by atoms with E-state index in [9.17, 15) is 4.79 Å². The van der Waals surface area contributed by atoms with E-state index in [2.05, 4.69) is 0 Å². The normalized spacial score (nSPS) is 18.8. The Kier molecular flexibility index (Phi) is 3.72. The fourth-order valence-electron chi connectivity index (χ4n) is 1.53. The molecule has 2 rings (SSSR count). The van der Waals surface area contributed by atoms with Crippen LogP contribution in [0.25, 0.3) is 0 Å². The second-order valence-corrected chi connectivity index (χ2v) is 3.66. The smallest absolute Gasteiger partial charge is 0.331 e. The summed E-state index contributed by atoms with van der Waals surface area (Å²) in [5.41, 5.74) is 1.15. The first-order chi connectivity index (χ1) is 7.84. The highest BCUT2D eigenvalue weighted by atomic mass is 16.5. The van der Waals surface area contributed by atoms with Gasteiger partial charge in [-0.2, -0.15) is 0 Å². The summed E-state index contributed by atoms with van der Waals surface area (Å²) in [6.07, 6.45) is 3.84. The minimum Gasteiger partial charge on any atom is -0.455 e. The molecule has 0 N–H and O–H groups in total. The van der Waals surface area contributed by atoms with Crippen LogP contribution in [-0.4, -0.2) is 18.7 Å². The predicted molar refractivity (Wildman–Crippen MR) is 59.7 cm³/mol. The molecule has 1 aliphatic rings. The lowest BCUT2D eigenvalue weighted by Gasteiger charge is -2.08. The second kappa shape index (κ2) is 5.47. The summed E-state index contributed by atoms with van der Waals surface area (Å²) >= 11 is 0. The Morgan fingerprint density at radius 3 is 2.75 bits per heavy atom. The summed E-state index contributed by atoms with van der Waals surface area (Å²) in [7, 11) is 0. The largest absolute Gasteiger partial charge is 0.455 e. The molecule has 0 saturated heterocycles. The van der Waals surface area contributed by atoms with Crippen molar-refractivity contribution < 1.29 is 14.3 Å². The van der Waals surface area contributed by atoms with E-state index in [-0.39, 0.29) is 12.1 Å². The van der Waals surface area contributed by atoms with Crippen molar-refractivity contribution in [3.8, 4) is 0 Å². The average Bonchev–Trinajstić information content (AvgIpc) is 2.72. The molecule has 0 aliphatic carbocycles. The average molecular weight is 218 g/mol. The zero-order chi connectivity index (χ0) is 11.2. The van der Waals surface area contributed by atoms with E-state index in [1.165, 1.54) is 6.08 Å². The molecule has 16 heavy (non-hydrogen) atoms. The molecule has 0 saturated carbocycles. The summed E-state index contributed by atoms with van der Waals surface area (Å²) in [4.78, 5) is 10.8. The van der Waals surface area contributed by atoms with Gasteiger partial charge in [0.15, 0.2) is 0 Å². The minimum atomic E-state index is -0.256. The number of carbonyl (C=O) groups excluding carboxylic acids is 1. The lowest BCUT2D eigenvalue weighted by atomic mass is 10.2. The molecule has 84 valence electrons. The molecule has 3 heteroatoms. The van der Waals surface area contributed by atoms with Gasteiger partial charge in [0.25, 0.3) is 0 Å². The maximum Gasteiger partial charge on any atom is 0.331 e. The molecule has 1 aliphatic heterocycles. The monoisotopic (exact) mass is 218 g/mol. The van der Waals surface area contributed by atoms with Crippen LogP contribution < -0.4 is 0 Å². The van der Waals surface area contributed by atoms with Crippen molar-refractivity contribution in [2.75, 3.05) is 6.61 Å². The molecular weight excluding hydrogens is 204 g/mol. The SMILES string of the molecule is O=C1C=CC(CCOCc2ccccc2)O1. The zero-order valence-corrected chi connectivity index (χ0v) is 8.96. The van der Waals surface area contributed by atoms with Crippen molar-refractivity contribution in [3.63, 3.8) is 0 Å². The van der Waals surface area contributed by atoms with E-state index < -0.39 is 0 Å². The van der Waals surface area contributed by atoms with Crippen LogP contribution in [0.3, 0.4) is 0 Å². The van der Waals surface area contributed by atoms with Crippen LogP contribution in [0.5, 0.6) is 0 Å². The fraction of sp³-hybridized carbons (Fsp3) is 0.308. The van der Waals surface area contributed by atoms with Crippen molar-refractivity contribution >= 4 is 5.97 Å². The van der Waals surface area contributed by atoms with Crippen molar-refractivity contribution in [3.05, 3.63) is 48.0 Å². The van der Waals surface area contributed by atoms with Gasteiger partial charge in [-0.3, -0.25) is 0 Å². The number of benzene rings is 1. The van der Waals surface area contributed by atoms with E-state index in [4.69, 9.17) is 9.47 Å². The van der Waals surface area contributed by atoms with Crippen molar-refractivity contribution in [2.24, 2.45) is 0 Å². The molecule has 0 radical (unpaired) electrons. The fourth-order valence-corrected chi connectivity index (χ4v) is 1.53. The third-order valence-electron chi connectivity index (χ3n) is 2.37. The summed E-state index contributed by atoms with van der Waals surface area (Å²) < 4.78 is 10.5. The van der Waals surface area contributed by atoms with Gasteiger partial charge in [-0.25, -0.2) is 4.79 Å². The van der Waals surface area contributed by atoms with Gasteiger partial charge in [-0.05, 0) is 11.6 Å². The van der Waals surface area contributed by atoms with Crippen molar-refractivity contribution in [1.82, 2.24) is 0 Å². The Balaban J connectivity index is 1.62. The molecule has 0 fully saturated rings. The molecule has 0 aromatic heterocycles. The lowest BCUT2D eigenvalue weighted by Crippen LogP contribution is -2.10. The third-order valence-corrected chi connectivity index (χ3v) is 2.37. The van der Waals surface area contributed by atoms with Gasteiger partial charge < -0.3 is 9.47 Å². The topological polar surface area (TPSA) is 35.5 Å². The Morgan fingerprint density at radius 2 is 2.06 bits per heavy atom. The molecule has 0 spiro atoms. The number of carbonyl (C=O) groups is 1. The molecule has 0 amide bonds. The Bertz CT molecular complexity index is 370. The highest BCUT2D eigenvalue weighted by Crippen LogP contribution is 2.09. The second-order valence-electron chi connectivity index (χ2n) is 3.66. The molecular formula is C13H14O3. The summed E-state index contributed by atoms with van der Waals surface area (Å²) in [6.45, 7) is 1.20. The first-order valence-electron chi connectivity index (χ1n) is 5.35. The van der Waals surface area contributed by atoms with Gasteiger partial charge in [0.2, 0.25) is 0 Å².